The van der Waals surface area contributed by atoms with Gasteiger partial charge in [-0.2, -0.15) is 0 Å². The Bertz CT molecular complexity index is 659. The normalized spacial score (nSPS) is 15.6. The standard InChI is InChI=1S/C21H23NO2/c23-21(12-11-18-7-3-1-4-8-18)22-15-13-19(14-16-22)17-24-20-9-5-2-6-10-20/h1-12,19H,13-17H2. The molecule has 1 aliphatic rings. The fourth-order valence-corrected chi connectivity index (χ4v) is 2.89. The summed E-state index contributed by atoms with van der Waals surface area (Å²) in [7, 11) is 0. The highest BCUT2D eigenvalue weighted by molar-refractivity contribution is 5.91. The van der Waals surface area contributed by atoms with Crippen molar-refractivity contribution in [2.24, 2.45) is 5.92 Å². The second kappa shape index (κ2) is 8.34. The lowest BCUT2D eigenvalue weighted by Crippen LogP contribution is -2.38. The van der Waals surface area contributed by atoms with Crippen LogP contribution >= 0.6 is 0 Å². The van der Waals surface area contributed by atoms with Gasteiger partial charge in [0.25, 0.3) is 0 Å². The van der Waals surface area contributed by atoms with Gasteiger partial charge in [0, 0.05) is 19.2 Å². The van der Waals surface area contributed by atoms with Gasteiger partial charge in [0.2, 0.25) is 5.91 Å². The third-order valence-corrected chi connectivity index (χ3v) is 4.37. The van der Waals surface area contributed by atoms with Gasteiger partial charge in [0.05, 0.1) is 6.61 Å². The van der Waals surface area contributed by atoms with Gasteiger partial charge in [0.1, 0.15) is 5.75 Å². The Hall–Kier alpha value is -2.55. The number of hydrogen-bond acceptors (Lipinski definition) is 2. The highest BCUT2D eigenvalue weighted by atomic mass is 16.5. The monoisotopic (exact) mass is 321 g/mol. The number of nitrogens with zero attached hydrogens (tertiary/aromatic N) is 1. The summed E-state index contributed by atoms with van der Waals surface area (Å²) in [6.45, 7) is 2.34. The Morgan fingerprint density at radius 2 is 1.62 bits per heavy atom. The number of rotatable bonds is 5. The molecule has 1 amide bonds. The van der Waals surface area contributed by atoms with Crippen molar-refractivity contribution in [2.75, 3.05) is 19.7 Å². The van der Waals surface area contributed by atoms with Gasteiger partial charge in [-0.1, -0.05) is 48.5 Å². The average Bonchev–Trinajstić information content (AvgIpc) is 2.66. The fraction of sp³-hybridized carbons (Fsp3) is 0.286. The molecule has 0 aliphatic carbocycles. The van der Waals surface area contributed by atoms with E-state index in [1.165, 1.54) is 0 Å². The van der Waals surface area contributed by atoms with E-state index in [1.807, 2.05) is 71.6 Å². The number of piperidine rings is 1. The molecule has 0 spiro atoms. The summed E-state index contributed by atoms with van der Waals surface area (Å²) < 4.78 is 5.83. The van der Waals surface area contributed by atoms with Crippen LogP contribution in [0.3, 0.4) is 0 Å². The number of carbonyl (C=O) groups is 1. The van der Waals surface area contributed by atoms with Crippen LogP contribution in [0.25, 0.3) is 6.08 Å². The van der Waals surface area contributed by atoms with E-state index >= 15 is 0 Å². The van der Waals surface area contributed by atoms with Crippen LogP contribution in [0.2, 0.25) is 0 Å². The van der Waals surface area contributed by atoms with Crippen LogP contribution in [0.4, 0.5) is 0 Å². The largest absolute Gasteiger partial charge is 0.493 e. The summed E-state index contributed by atoms with van der Waals surface area (Å²) in [4.78, 5) is 14.2. The van der Waals surface area contributed by atoms with Crippen molar-refractivity contribution in [1.29, 1.82) is 0 Å². The second-order valence-corrected chi connectivity index (χ2v) is 6.14. The third kappa shape index (κ3) is 4.72. The highest BCUT2D eigenvalue weighted by Crippen LogP contribution is 2.19. The van der Waals surface area contributed by atoms with Crippen LogP contribution in [0.1, 0.15) is 18.4 Å². The fourth-order valence-electron chi connectivity index (χ4n) is 2.89. The molecular formula is C21H23NO2. The minimum atomic E-state index is 0.0984. The van der Waals surface area contributed by atoms with Gasteiger partial charge in [-0.05, 0) is 42.5 Å². The minimum absolute atomic E-state index is 0.0984. The highest BCUT2D eigenvalue weighted by Gasteiger charge is 2.21. The Morgan fingerprint density at radius 3 is 2.29 bits per heavy atom. The Balaban J connectivity index is 1.43. The zero-order chi connectivity index (χ0) is 16.6. The number of amides is 1. The lowest BCUT2D eigenvalue weighted by atomic mass is 9.97. The maximum atomic E-state index is 12.3. The van der Waals surface area contributed by atoms with E-state index in [1.54, 1.807) is 6.08 Å². The van der Waals surface area contributed by atoms with Crippen molar-refractivity contribution in [1.82, 2.24) is 4.90 Å². The Kier molecular flexibility index (Phi) is 5.67. The molecule has 24 heavy (non-hydrogen) atoms. The van der Waals surface area contributed by atoms with Crippen LogP contribution in [-0.4, -0.2) is 30.5 Å². The molecule has 3 heteroatoms. The van der Waals surface area contributed by atoms with Gasteiger partial charge in [-0.15, -0.1) is 0 Å². The van der Waals surface area contributed by atoms with E-state index in [-0.39, 0.29) is 5.91 Å². The van der Waals surface area contributed by atoms with Gasteiger partial charge < -0.3 is 9.64 Å². The topological polar surface area (TPSA) is 29.5 Å². The summed E-state index contributed by atoms with van der Waals surface area (Å²) in [5.74, 6) is 1.54. The molecule has 2 aromatic rings. The number of carbonyl (C=O) groups excluding carboxylic acids is 1. The SMILES string of the molecule is O=C(C=Cc1ccccc1)N1CCC(COc2ccccc2)CC1. The number of para-hydroxylation sites is 1. The van der Waals surface area contributed by atoms with E-state index in [0.29, 0.717) is 5.92 Å². The molecular weight excluding hydrogens is 298 g/mol. The predicted molar refractivity (Wildman–Crippen MR) is 96.7 cm³/mol. The maximum Gasteiger partial charge on any atom is 0.246 e. The molecule has 0 unspecified atom stereocenters. The molecule has 1 aliphatic heterocycles. The second-order valence-electron chi connectivity index (χ2n) is 6.14. The molecule has 124 valence electrons. The van der Waals surface area contributed by atoms with Crippen molar-refractivity contribution in [3.8, 4) is 5.75 Å². The lowest BCUT2D eigenvalue weighted by Gasteiger charge is -2.31. The summed E-state index contributed by atoms with van der Waals surface area (Å²) in [5.41, 5.74) is 1.05. The number of ether oxygens (including phenoxy) is 1. The first-order chi connectivity index (χ1) is 11.8. The molecule has 0 N–H and O–H groups in total. The predicted octanol–water partition coefficient (Wildman–Crippen LogP) is 4.02. The van der Waals surface area contributed by atoms with Crippen LogP contribution < -0.4 is 4.74 Å². The number of benzene rings is 2. The summed E-state index contributed by atoms with van der Waals surface area (Å²) in [6.07, 6.45) is 5.55. The minimum Gasteiger partial charge on any atom is -0.493 e. The summed E-state index contributed by atoms with van der Waals surface area (Å²) in [5, 5.41) is 0. The van der Waals surface area contributed by atoms with Crippen molar-refractivity contribution >= 4 is 12.0 Å². The van der Waals surface area contributed by atoms with E-state index in [2.05, 4.69) is 0 Å². The van der Waals surface area contributed by atoms with Crippen molar-refractivity contribution in [3.05, 3.63) is 72.3 Å². The first kappa shape index (κ1) is 16.3. The van der Waals surface area contributed by atoms with Crippen molar-refractivity contribution < 1.29 is 9.53 Å². The molecule has 2 aromatic carbocycles. The molecule has 0 saturated carbocycles. The van der Waals surface area contributed by atoms with Crippen LogP contribution in [0.5, 0.6) is 5.75 Å². The smallest absolute Gasteiger partial charge is 0.246 e. The molecule has 0 bridgehead atoms. The van der Waals surface area contributed by atoms with Crippen LogP contribution in [0, 0.1) is 5.92 Å². The average molecular weight is 321 g/mol. The first-order valence-electron chi connectivity index (χ1n) is 8.51. The van der Waals surface area contributed by atoms with Crippen molar-refractivity contribution in [2.45, 2.75) is 12.8 Å². The van der Waals surface area contributed by atoms with E-state index in [4.69, 9.17) is 4.74 Å². The maximum absolute atomic E-state index is 12.3. The Morgan fingerprint density at radius 1 is 1.00 bits per heavy atom. The third-order valence-electron chi connectivity index (χ3n) is 4.37. The molecule has 3 nitrogen and oxygen atoms in total. The molecule has 1 saturated heterocycles. The van der Waals surface area contributed by atoms with Gasteiger partial charge in [-0.25, -0.2) is 0 Å². The van der Waals surface area contributed by atoms with Crippen molar-refractivity contribution in [3.63, 3.8) is 0 Å². The number of hydrogen-bond donors (Lipinski definition) is 0. The molecule has 1 fully saturated rings. The van der Waals surface area contributed by atoms with Gasteiger partial charge in [0.15, 0.2) is 0 Å². The Labute approximate surface area is 143 Å². The van der Waals surface area contributed by atoms with E-state index < -0.39 is 0 Å². The quantitative estimate of drug-likeness (QED) is 0.779. The van der Waals surface area contributed by atoms with Crippen LogP contribution in [-0.2, 0) is 4.79 Å². The van der Waals surface area contributed by atoms with E-state index in [9.17, 15) is 4.79 Å². The van der Waals surface area contributed by atoms with Crippen LogP contribution in [0.15, 0.2) is 66.7 Å². The zero-order valence-electron chi connectivity index (χ0n) is 13.8. The lowest BCUT2D eigenvalue weighted by molar-refractivity contribution is -0.127. The van der Waals surface area contributed by atoms with Gasteiger partial charge in [-0.3, -0.25) is 4.79 Å². The summed E-state index contributed by atoms with van der Waals surface area (Å²) in [6, 6.07) is 19.8. The molecule has 0 atom stereocenters. The molecule has 1 heterocycles. The van der Waals surface area contributed by atoms with E-state index in [0.717, 1.165) is 43.9 Å². The molecule has 0 aromatic heterocycles. The zero-order valence-corrected chi connectivity index (χ0v) is 13.8. The summed E-state index contributed by atoms with van der Waals surface area (Å²) >= 11 is 0. The molecule has 3 rings (SSSR count). The van der Waals surface area contributed by atoms with Gasteiger partial charge >= 0.3 is 0 Å². The number of likely N-dealkylation sites (tertiary alicyclic amines) is 1. The first-order valence-corrected chi connectivity index (χ1v) is 8.51. The molecule has 0 radical (unpaired) electrons.